The maximum atomic E-state index is 13.3. The van der Waals surface area contributed by atoms with Gasteiger partial charge in [-0.2, -0.15) is 0 Å². The van der Waals surface area contributed by atoms with Crippen molar-refractivity contribution in [2.75, 3.05) is 6.61 Å². The van der Waals surface area contributed by atoms with Gasteiger partial charge in [0.05, 0.1) is 0 Å². The van der Waals surface area contributed by atoms with Gasteiger partial charge in [0.25, 0.3) is 0 Å². The quantitative estimate of drug-likeness (QED) is 0.524. The van der Waals surface area contributed by atoms with E-state index in [0.29, 0.717) is 16.9 Å². The largest absolute Gasteiger partial charge is 0.487 e. The molecular formula is C21H16FNO3. The minimum atomic E-state index is -1.03. The number of aromatic nitrogens is 1. The predicted molar refractivity (Wildman–Crippen MR) is 95.2 cm³/mol. The van der Waals surface area contributed by atoms with Crippen LogP contribution in [0.4, 0.5) is 4.39 Å². The molecule has 4 nitrogen and oxygen atoms in total. The van der Waals surface area contributed by atoms with Crippen LogP contribution in [0.5, 0.6) is 5.75 Å². The Kier molecular flexibility index (Phi) is 3.92. The summed E-state index contributed by atoms with van der Waals surface area (Å²) in [4.78, 5) is 16.4. The van der Waals surface area contributed by atoms with Crippen molar-refractivity contribution in [2.45, 2.75) is 12.0 Å². The monoisotopic (exact) mass is 349 g/mol. The van der Waals surface area contributed by atoms with Gasteiger partial charge in [0.1, 0.15) is 23.7 Å². The molecule has 26 heavy (non-hydrogen) atoms. The van der Waals surface area contributed by atoms with Crippen molar-refractivity contribution >= 4 is 16.9 Å². The minimum Gasteiger partial charge on any atom is -0.487 e. The van der Waals surface area contributed by atoms with Crippen molar-refractivity contribution in [1.29, 1.82) is 0 Å². The Morgan fingerprint density at radius 2 is 1.92 bits per heavy atom. The lowest BCUT2D eigenvalue weighted by atomic mass is 9.90. The van der Waals surface area contributed by atoms with Gasteiger partial charge in [-0.05, 0) is 29.8 Å². The second kappa shape index (κ2) is 6.26. The number of hydrogen-bond donors (Lipinski definition) is 0. The molecule has 1 unspecified atom stereocenters. The van der Waals surface area contributed by atoms with Crippen LogP contribution in [0.2, 0.25) is 0 Å². The first kappa shape index (κ1) is 16.3. The first-order chi connectivity index (χ1) is 12.6. The summed E-state index contributed by atoms with van der Waals surface area (Å²) in [6, 6.07) is 15.3. The number of halogens is 1. The predicted octanol–water partition coefficient (Wildman–Crippen LogP) is 4.15. The van der Waals surface area contributed by atoms with Crippen molar-refractivity contribution in [3.63, 3.8) is 0 Å². The standard InChI is InChI=1S/C21H16FNO3/c1-14-12-21(26-20(14)24,16-7-9-17(22)10-8-16)13-25-18-6-2-4-15-5-3-11-23-19(15)18/h2-11H,1,12-13H2. The molecule has 0 N–H and O–H groups in total. The number of ether oxygens (including phenoxy) is 2. The number of pyridine rings is 1. The Morgan fingerprint density at radius 3 is 2.65 bits per heavy atom. The lowest BCUT2D eigenvalue weighted by molar-refractivity contribution is -0.150. The van der Waals surface area contributed by atoms with Crippen LogP contribution in [0.1, 0.15) is 12.0 Å². The van der Waals surface area contributed by atoms with Gasteiger partial charge in [0.2, 0.25) is 0 Å². The van der Waals surface area contributed by atoms with Gasteiger partial charge in [0, 0.05) is 23.6 Å². The van der Waals surface area contributed by atoms with Crippen LogP contribution in [0.25, 0.3) is 10.9 Å². The summed E-state index contributed by atoms with van der Waals surface area (Å²) in [6.45, 7) is 3.84. The fraction of sp³-hybridized carbons (Fsp3) is 0.143. The van der Waals surface area contributed by atoms with E-state index in [-0.39, 0.29) is 18.8 Å². The smallest absolute Gasteiger partial charge is 0.334 e. The topological polar surface area (TPSA) is 48.4 Å². The van der Waals surface area contributed by atoms with Crippen molar-refractivity contribution in [1.82, 2.24) is 4.98 Å². The highest BCUT2D eigenvalue weighted by Gasteiger charge is 2.45. The van der Waals surface area contributed by atoms with Gasteiger partial charge in [0.15, 0.2) is 5.60 Å². The van der Waals surface area contributed by atoms with E-state index < -0.39 is 11.6 Å². The van der Waals surface area contributed by atoms with Gasteiger partial charge in [-0.15, -0.1) is 0 Å². The zero-order chi connectivity index (χ0) is 18.1. The highest BCUT2D eigenvalue weighted by Crippen LogP contribution is 2.40. The average Bonchev–Trinajstić information content (AvgIpc) is 2.95. The molecule has 0 bridgehead atoms. The Labute approximate surface area is 149 Å². The number of hydrogen-bond acceptors (Lipinski definition) is 4. The normalized spacial score (nSPS) is 19.6. The number of esters is 1. The molecule has 1 aromatic heterocycles. The molecule has 2 aromatic carbocycles. The molecule has 3 aromatic rings. The fourth-order valence-electron chi connectivity index (χ4n) is 3.17. The third-order valence-electron chi connectivity index (χ3n) is 4.50. The van der Waals surface area contributed by atoms with Crippen LogP contribution in [0.3, 0.4) is 0 Å². The molecule has 1 saturated heterocycles. The highest BCUT2D eigenvalue weighted by molar-refractivity contribution is 5.90. The van der Waals surface area contributed by atoms with Crippen molar-refractivity contribution in [3.05, 3.63) is 84.3 Å². The molecule has 2 heterocycles. The molecule has 0 aliphatic carbocycles. The SMILES string of the molecule is C=C1CC(COc2cccc3cccnc23)(c2ccc(F)cc2)OC1=O. The zero-order valence-electron chi connectivity index (χ0n) is 13.9. The van der Waals surface area contributed by atoms with Gasteiger partial charge in [-0.1, -0.05) is 36.9 Å². The van der Waals surface area contributed by atoms with Gasteiger partial charge in [-0.3, -0.25) is 4.98 Å². The first-order valence-corrected chi connectivity index (χ1v) is 8.21. The number of carbonyl (C=O) groups is 1. The molecule has 1 fully saturated rings. The second-order valence-electron chi connectivity index (χ2n) is 6.29. The van der Waals surface area contributed by atoms with Crippen LogP contribution in [-0.2, 0) is 15.1 Å². The van der Waals surface area contributed by atoms with E-state index in [1.165, 1.54) is 12.1 Å². The first-order valence-electron chi connectivity index (χ1n) is 8.21. The minimum absolute atomic E-state index is 0.0824. The Morgan fingerprint density at radius 1 is 1.15 bits per heavy atom. The van der Waals surface area contributed by atoms with Crippen molar-refractivity contribution < 1.29 is 18.7 Å². The Bertz CT molecular complexity index is 976. The number of benzene rings is 2. The maximum absolute atomic E-state index is 13.3. The molecule has 5 heteroatoms. The van der Waals surface area contributed by atoms with E-state index in [1.807, 2.05) is 30.3 Å². The van der Waals surface area contributed by atoms with Crippen LogP contribution in [0.15, 0.2) is 72.9 Å². The molecule has 1 aliphatic heterocycles. The lowest BCUT2D eigenvalue weighted by Gasteiger charge is -2.28. The van der Waals surface area contributed by atoms with Crippen LogP contribution >= 0.6 is 0 Å². The van der Waals surface area contributed by atoms with Crippen LogP contribution in [-0.4, -0.2) is 17.6 Å². The maximum Gasteiger partial charge on any atom is 0.334 e. The third-order valence-corrected chi connectivity index (χ3v) is 4.50. The van der Waals surface area contributed by atoms with Crippen LogP contribution in [0, 0.1) is 5.82 Å². The summed E-state index contributed by atoms with van der Waals surface area (Å²) in [6.07, 6.45) is 1.98. The van der Waals surface area contributed by atoms with Crippen molar-refractivity contribution in [3.8, 4) is 5.75 Å². The van der Waals surface area contributed by atoms with E-state index in [0.717, 1.165) is 10.9 Å². The van der Waals surface area contributed by atoms with Gasteiger partial charge < -0.3 is 9.47 Å². The van der Waals surface area contributed by atoms with E-state index in [2.05, 4.69) is 11.6 Å². The highest BCUT2D eigenvalue weighted by atomic mass is 19.1. The molecule has 0 spiro atoms. The number of para-hydroxylation sites is 1. The zero-order valence-corrected chi connectivity index (χ0v) is 13.9. The second-order valence-corrected chi connectivity index (χ2v) is 6.29. The number of fused-ring (bicyclic) bond motifs is 1. The molecule has 1 aliphatic rings. The summed E-state index contributed by atoms with van der Waals surface area (Å²) >= 11 is 0. The molecule has 1 atom stereocenters. The molecule has 4 rings (SSSR count). The third kappa shape index (κ3) is 2.81. The number of rotatable bonds is 4. The molecule has 130 valence electrons. The van der Waals surface area contributed by atoms with Crippen LogP contribution < -0.4 is 4.74 Å². The van der Waals surface area contributed by atoms with Crippen molar-refractivity contribution in [2.24, 2.45) is 0 Å². The van der Waals surface area contributed by atoms with E-state index in [4.69, 9.17) is 9.47 Å². The van der Waals surface area contributed by atoms with E-state index in [9.17, 15) is 9.18 Å². The molecule has 0 amide bonds. The molecular weight excluding hydrogens is 333 g/mol. The summed E-state index contributed by atoms with van der Waals surface area (Å²) < 4.78 is 24.9. The van der Waals surface area contributed by atoms with Gasteiger partial charge in [-0.25, -0.2) is 9.18 Å². The fourth-order valence-corrected chi connectivity index (χ4v) is 3.17. The summed E-state index contributed by atoms with van der Waals surface area (Å²) in [5, 5.41) is 0.952. The van der Waals surface area contributed by atoms with E-state index >= 15 is 0 Å². The average molecular weight is 349 g/mol. The number of carbonyl (C=O) groups excluding carboxylic acids is 1. The lowest BCUT2D eigenvalue weighted by Crippen LogP contribution is -2.33. The number of nitrogens with zero attached hydrogens (tertiary/aromatic N) is 1. The van der Waals surface area contributed by atoms with Gasteiger partial charge >= 0.3 is 5.97 Å². The molecule has 0 radical (unpaired) electrons. The molecule has 0 saturated carbocycles. The Hall–Kier alpha value is -3.21. The summed E-state index contributed by atoms with van der Waals surface area (Å²) in [5.41, 5.74) is 0.735. The number of cyclic esters (lactones) is 1. The summed E-state index contributed by atoms with van der Waals surface area (Å²) in [7, 11) is 0. The Balaban J connectivity index is 1.68. The summed E-state index contributed by atoms with van der Waals surface area (Å²) in [5.74, 6) is -0.224. The van der Waals surface area contributed by atoms with E-state index in [1.54, 1.807) is 18.3 Å².